The highest BCUT2D eigenvalue weighted by molar-refractivity contribution is 6.32. The minimum Gasteiger partial charge on any atom is -0.288 e. The van der Waals surface area contributed by atoms with Gasteiger partial charge in [0.1, 0.15) is 0 Å². The van der Waals surface area contributed by atoms with E-state index in [2.05, 4.69) is 5.32 Å². The second-order valence-corrected chi connectivity index (χ2v) is 4.83. The number of halogens is 1. The molecule has 19 heavy (non-hydrogen) atoms. The van der Waals surface area contributed by atoms with Gasteiger partial charge in [0.05, 0.1) is 11.1 Å². The number of amides is 2. The SMILES string of the molecule is Cc1c(Cl)cccc1-c1cccc2c1C(=O)NC2=O. The number of carbonyl (C=O) groups is 2. The van der Waals surface area contributed by atoms with Gasteiger partial charge in [-0.2, -0.15) is 0 Å². The van der Waals surface area contributed by atoms with Crippen molar-refractivity contribution in [3.63, 3.8) is 0 Å². The minimum absolute atomic E-state index is 0.346. The summed E-state index contributed by atoms with van der Waals surface area (Å²) >= 11 is 6.11. The summed E-state index contributed by atoms with van der Waals surface area (Å²) in [5, 5.41) is 2.95. The third-order valence-electron chi connectivity index (χ3n) is 3.32. The van der Waals surface area contributed by atoms with E-state index < -0.39 is 0 Å². The van der Waals surface area contributed by atoms with Gasteiger partial charge < -0.3 is 0 Å². The lowest BCUT2D eigenvalue weighted by Gasteiger charge is -2.10. The molecule has 0 spiro atoms. The van der Waals surface area contributed by atoms with Gasteiger partial charge in [0, 0.05) is 5.02 Å². The summed E-state index contributed by atoms with van der Waals surface area (Å²) in [6.45, 7) is 1.89. The summed E-state index contributed by atoms with van der Waals surface area (Å²) in [6, 6.07) is 10.8. The van der Waals surface area contributed by atoms with Gasteiger partial charge >= 0.3 is 0 Å². The molecule has 0 aromatic heterocycles. The Kier molecular flexibility index (Phi) is 2.64. The normalized spacial score (nSPS) is 13.4. The zero-order valence-corrected chi connectivity index (χ0v) is 10.9. The van der Waals surface area contributed by atoms with Crippen molar-refractivity contribution < 1.29 is 9.59 Å². The third kappa shape index (κ3) is 1.74. The number of benzene rings is 2. The second kappa shape index (κ2) is 4.21. The van der Waals surface area contributed by atoms with Crippen LogP contribution in [0.4, 0.5) is 0 Å². The number of imide groups is 1. The average Bonchev–Trinajstić information content (AvgIpc) is 2.69. The maximum atomic E-state index is 11.9. The molecular formula is C15H10ClNO2. The second-order valence-electron chi connectivity index (χ2n) is 4.42. The predicted octanol–water partition coefficient (Wildman–Crippen LogP) is 3.20. The lowest BCUT2D eigenvalue weighted by Crippen LogP contribution is -2.20. The summed E-state index contributed by atoms with van der Waals surface area (Å²) in [4.78, 5) is 23.6. The van der Waals surface area contributed by atoms with Crippen molar-refractivity contribution >= 4 is 23.4 Å². The van der Waals surface area contributed by atoms with Crippen LogP contribution in [-0.4, -0.2) is 11.8 Å². The zero-order valence-electron chi connectivity index (χ0n) is 10.2. The Hall–Kier alpha value is -2.13. The highest BCUT2D eigenvalue weighted by Gasteiger charge is 2.29. The first-order valence-electron chi connectivity index (χ1n) is 5.84. The molecule has 94 valence electrons. The summed E-state index contributed by atoms with van der Waals surface area (Å²) < 4.78 is 0. The molecule has 0 unspecified atom stereocenters. The van der Waals surface area contributed by atoms with Crippen LogP contribution in [0.2, 0.25) is 5.02 Å². The van der Waals surface area contributed by atoms with Crippen LogP contribution in [0.15, 0.2) is 36.4 Å². The monoisotopic (exact) mass is 271 g/mol. The summed E-state index contributed by atoms with van der Waals surface area (Å²) in [5.41, 5.74) is 3.35. The van der Waals surface area contributed by atoms with E-state index in [4.69, 9.17) is 11.6 Å². The molecule has 2 amide bonds. The lowest BCUT2D eigenvalue weighted by molar-refractivity contribution is 0.0880. The van der Waals surface area contributed by atoms with Crippen LogP contribution >= 0.6 is 11.6 Å². The van der Waals surface area contributed by atoms with Crippen LogP contribution < -0.4 is 5.32 Å². The van der Waals surface area contributed by atoms with Crippen LogP contribution in [0, 0.1) is 6.92 Å². The number of hydrogen-bond donors (Lipinski definition) is 1. The molecule has 0 fully saturated rings. The van der Waals surface area contributed by atoms with Gasteiger partial charge in [0.2, 0.25) is 0 Å². The Balaban J connectivity index is 2.31. The molecule has 0 saturated carbocycles. The molecule has 2 aromatic carbocycles. The first kappa shape index (κ1) is 11.9. The Morgan fingerprint density at radius 2 is 1.53 bits per heavy atom. The van der Waals surface area contributed by atoms with Crippen molar-refractivity contribution in [2.75, 3.05) is 0 Å². The van der Waals surface area contributed by atoms with Gasteiger partial charge in [0.15, 0.2) is 0 Å². The summed E-state index contributed by atoms with van der Waals surface area (Å²) in [7, 11) is 0. The lowest BCUT2D eigenvalue weighted by atomic mass is 9.94. The molecule has 0 saturated heterocycles. The van der Waals surface area contributed by atoms with E-state index in [0.717, 1.165) is 16.7 Å². The van der Waals surface area contributed by atoms with Crippen molar-refractivity contribution in [2.45, 2.75) is 6.92 Å². The van der Waals surface area contributed by atoms with E-state index in [-0.39, 0.29) is 11.8 Å². The molecule has 2 aromatic rings. The fraction of sp³-hybridized carbons (Fsp3) is 0.0667. The van der Waals surface area contributed by atoms with Crippen LogP contribution in [0.25, 0.3) is 11.1 Å². The minimum atomic E-state index is -0.352. The number of nitrogens with one attached hydrogen (secondary N) is 1. The first-order valence-corrected chi connectivity index (χ1v) is 6.21. The molecule has 0 aliphatic carbocycles. The number of hydrogen-bond acceptors (Lipinski definition) is 2. The number of rotatable bonds is 1. The van der Waals surface area contributed by atoms with Crippen molar-refractivity contribution in [3.05, 3.63) is 58.1 Å². The molecule has 1 aliphatic heterocycles. The van der Waals surface area contributed by atoms with Gasteiger partial charge in [0.25, 0.3) is 11.8 Å². The summed E-state index contributed by atoms with van der Waals surface area (Å²) in [6.07, 6.45) is 0. The van der Waals surface area contributed by atoms with Crippen molar-refractivity contribution in [1.29, 1.82) is 0 Å². The van der Waals surface area contributed by atoms with Crippen molar-refractivity contribution in [1.82, 2.24) is 5.32 Å². The molecule has 4 heteroatoms. The molecule has 1 N–H and O–H groups in total. The standard InChI is InChI=1S/C15H10ClNO2/c1-8-9(4-3-7-12(8)16)10-5-2-6-11-13(10)15(19)17-14(11)18/h2-7H,1H3,(H,17,18,19). The van der Waals surface area contributed by atoms with Crippen LogP contribution in [0.5, 0.6) is 0 Å². The van der Waals surface area contributed by atoms with Crippen LogP contribution in [0.3, 0.4) is 0 Å². The molecule has 0 atom stereocenters. The summed E-state index contributed by atoms with van der Waals surface area (Å²) in [5.74, 6) is -0.698. The quantitative estimate of drug-likeness (QED) is 0.810. The molecule has 0 bridgehead atoms. The van der Waals surface area contributed by atoms with E-state index in [1.807, 2.05) is 25.1 Å². The number of fused-ring (bicyclic) bond motifs is 1. The maximum Gasteiger partial charge on any atom is 0.259 e. The van der Waals surface area contributed by atoms with Gasteiger partial charge in [-0.15, -0.1) is 0 Å². The predicted molar refractivity (Wildman–Crippen MR) is 73.4 cm³/mol. The van der Waals surface area contributed by atoms with E-state index in [1.54, 1.807) is 18.2 Å². The Labute approximate surface area is 115 Å². The fourth-order valence-corrected chi connectivity index (χ4v) is 2.52. The molecule has 1 aliphatic rings. The van der Waals surface area contributed by atoms with Gasteiger partial charge in [-0.3, -0.25) is 14.9 Å². The van der Waals surface area contributed by atoms with Crippen molar-refractivity contribution in [2.24, 2.45) is 0 Å². The van der Waals surface area contributed by atoms with Crippen molar-refractivity contribution in [3.8, 4) is 11.1 Å². The first-order chi connectivity index (χ1) is 9.09. The third-order valence-corrected chi connectivity index (χ3v) is 3.73. The van der Waals surface area contributed by atoms with Gasteiger partial charge in [-0.25, -0.2) is 0 Å². The Bertz CT molecular complexity index is 722. The fourth-order valence-electron chi connectivity index (χ4n) is 2.34. The molecule has 3 rings (SSSR count). The van der Waals surface area contributed by atoms with Crippen LogP contribution in [0.1, 0.15) is 26.3 Å². The molecule has 3 nitrogen and oxygen atoms in total. The zero-order chi connectivity index (χ0) is 13.6. The maximum absolute atomic E-state index is 11.9. The largest absolute Gasteiger partial charge is 0.288 e. The smallest absolute Gasteiger partial charge is 0.259 e. The topological polar surface area (TPSA) is 46.2 Å². The highest BCUT2D eigenvalue weighted by atomic mass is 35.5. The average molecular weight is 272 g/mol. The Morgan fingerprint density at radius 1 is 0.895 bits per heavy atom. The number of carbonyl (C=O) groups excluding carboxylic acids is 2. The van der Waals surface area contributed by atoms with E-state index in [1.165, 1.54) is 0 Å². The molecule has 0 radical (unpaired) electrons. The van der Waals surface area contributed by atoms with E-state index in [9.17, 15) is 9.59 Å². The highest BCUT2D eigenvalue weighted by Crippen LogP contribution is 2.33. The van der Waals surface area contributed by atoms with Crippen LogP contribution in [-0.2, 0) is 0 Å². The molecular weight excluding hydrogens is 262 g/mol. The van der Waals surface area contributed by atoms with E-state index >= 15 is 0 Å². The Morgan fingerprint density at radius 3 is 2.32 bits per heavy atom. The molecule has 1 heterocycles. The van der Waals surface area contributed by atoms with E-state index in [0.29, 0.717) is 16.1 Å². The van der Waals surface area contributed by atoms with Gasteiger partial charge in [-0.05, 0) is 35.7 Å². The van der Waals surface area contributed by atoms with Gasteiger partial charge in [-0.1, -0.05) is 35.9 Å².